The minimum atomic E-state index is -0.427. The summed E-state index contributed by atoms with van der Waals surface area (Å²) in [5.41, 5.74) is 5.43. The van der Waals surface area contributed by atoms with Gasteiger partial charge in [0.15, 0.2) is 0 Å². The molecule has 0 aromatic heterocycles. The van der Waals surface area contributed by atoms with Crippen molar-refractivity contribution in [3.8, 4) is 0 Å². The van der Waals surface area contributed by atoms with Crippen LogP contribution in [0.3, 0.4) is 0 Å². The first-order valence-corrected chi connectivity index (χ1v) is 3.13. The summed E-state index contributed by atoms with van der Waals surface area (Å²) in [7, 11) is 1.50. The Kier molecular flexibility index (Phi) is 3.99. The molecule has 2 unspecified atom stereocenters. The van der Waals surface area contributed by atoms with Gasteiger partial charge in [0.2, 0.25) is 5.91 Å². The summed E-state index contributed by atoms with van der Waals surface area (Å²) in [5.74, 6) is -0.0972. The molecular weight excluding hydrogens is 132 g/mol. The Morgan fingerprint density at radius 1 is 1.70 bits per heavy atom. The number of nitrogens with one attached hydrogen (secondary N) is 1. The van der Waals surface area contributed by atoms with Crippen LogP contribution in [0, 0.1) is 0 Å². The molecule has 3 N–H and O–H groups in total. The number of nitrogens with two attached hydrogens (primary N) is 1. The number of hydrogen-bond acceptors (Lipinski definition) is 3. The molecule has 0 aliphatic carbocycles. The summed E-state index contributed by atoms with van der Waals surface area (Å²) in [4.78, 5) is 10.5. The van der Waals surface area contributed by atoms with Crippen molar-refractivity contribution in [1.82, 2.24) is 5.32 Å². The van der Waals surface area contributed by atoms with Gasteiger partial charge >= 0.3 is 0 Å². The van der Waals surface area contributed by atoms with Crippen molar-refractivity contribution in [2.75, 3.05) is 7.11 Å². The van der Waals surface area contributed by atoms with E-state index in [1.54, 1.807) is 6.92 Å². The Morgan fingerprint density at radius 2 is 2.20 bits per heavy atom. The molecule has 0 bridgehead atoms. The molecule has 4 heteroatoms. The maximum atomic E-state index is 10.5. The molecule has 0 radical (unpaired) electrons. The Balaban J connectivity index is 3.61. The minimum Gasteiger partial charge on any atom is -0.365 e. The molecule has 0 fully saturated rings. The van der Waals surface area contributed by atoms with E-state index in [2.05, 4.69) is 5.32 Å². The molecule has 0 heterocycles. The molecule has 0 aromatic carbocycles. The molecule has 2 atom stereocenters. The van der Waals surface area contributed by atoms with Crippen LogP contribution in [0.15, 0.2) is 0 Å². The Labute approximate surface area is 60.7 Å². The second-order valence-corrected chi connectivity index (χ2v) is 2.19. The molecule has 0 saturated heterocycles. The Bertz CT molecular complexity index is 116. The lowest BCUT2D eigenvalue weighted by molar-refractivity contribution is -0.120. The summed E-state index contributed by atoms with van der Waals surface area (Å²) in [6.45, 7) is 3.23. The molecule has 0 spiro atoms. The largest absolute Gasteiger partial charge is 0.365 e. The van der Waals surface area contributed by atoms with Gasteiger partial charge in [-0.2, -0.15) is 0 Å². The van der Waals surface area contributed by atoms with E-state index < -0.39 is 6.23 Å². The van der Waals surface area contributed by atoms with E-state index in [9.17, 15) is 4.79 Å². The smallest absolute Gasteiger partial charge is 0.217 e. The van der Waals surface area contributed by atoms with Crippen molar-refractivity contribution in [2.24, 2.45) is 5.73 Å². The fourth-order valence-corrected chi connectivity index (χ4v) is 0.607. The van der Waals surface area contributed by atoms with Crippen molar-refractivity contribution in [1.29, 1.82) is 0 Å². The molecular formula is C6H14N2O2. The zero-order chi connectivity index (χ0) is 8.15. The first kappa shape index (κ1) is 9.39. The number of rotatable bonds is 3. The Morgan fingerprint density at radius 3 is 2.50 bits per heavy atom. The number of ether oxygens (including phenoxy) is 1. The van der Waals surface area contributed by atoms with Gasteiger partial charge in [-0.05, 0) is 6.92 Å². The van der Waals surface area contributed by atoms with Crippen LogP contribution >= 0.6 is 0 Å². The maximum absolute atomic E-state index is 10.5. The third kappa shape index (κ3) is 3.42. The minimum absolute atomic E-state index is 0.0972. The third-order valence-corrected chi connectivity index (χ3v) is 1.20. The molecule has 1 amide bonds. The van der Waals surface area contributed by atoms with Gasteiger partial charge in [-0.1, -0.05) is 0 Å². The summed E-state index contributed by atoms with van der Waals surface area (Å²) in [6.07, 6.45) is -0.427. The van der Waals surface area contributed by atoms with Gasteiger partial charge in [-0.25, -0.2) is 0 Å². The average molecular weight is 146 g/mol. The van der Waals surface area contributed by atoms with Gasteiger partial charge in [0.05, 0.1) is 6.04 Å². The number of carbonyl (C=O) groups is 1. The van der Waals surface area contributed by atoms with Crippen molar-refractivity contribution < 1.29 is 9.53 Å². The van der Waals surface area contributed by atoms with Gasteiger partial charge in [0.25, 0.3) is 0 Å². The highest BCUT2D eigenvalue weighted by atomic mass is 16.5. The third-order valence-electron chi connectivity index (χ3n) is 1.20. The zero-order valence-corrected chi connectivity index (χ0v) is 6.55. The van der Waals surface area contributed by atoms with E-state index in [0.717, 1.165) is 0 Å². The van der Waals surface area contributed by atoms with Crippen molar-refractivity contribution in [3.63, 3.8) is 0 Å². The molecule has 0 aliphatic heterocycles. The molecule has 0 aromatic rings. The zero-order valence-electron chi connectivity index (χ0n) is 6.55. The van der Waals surface area contributed by atoms with Crippen LogP contribution in [0.4, 0.5) is 0 Å². The van der Waals surface area contributed by atoms with Crippen molar-refractivity contribution in [2.45, 2.75) is 26.1 Å². The summed E-state index contributed by atoms with van der Waals surface area (Å²) in [6, 6.07) is -0.137. The highest BCUT2D eigenvalue weighted by Gasteiger charge is 2.11. The standard InChI is InChI=1S/C6H14N2O2/c1-4(6(7)10-3)8-5(2)9/h4,6H,7H2,1-3H3,(H,8,9). The van der Waals surface area contributed by atoms with Crippen LogP contribution in [0.25, 0.3) is 0 Å². The molecule has 10 heavy (non-hydrogen) atoms. The first-order chi connectivity index (χ1) is 4.57. The van der Waals surface area contributed by atoms with Crippen LogP contribution in [0.5, 0.6) is 0 Å². The van der Waals surface area contributed by atoms with Crippen LogP contribution in [-0.4, -0.2) is 25.3 Å². The van der Waals surface area contributed by atoms with Gasteiger partial charge in [-0.15, -0.1) is 0 Å². The fraction of sp³-hybridized carbons (Fsp3) is 0.833. The van der Waals surface area contributed by atoms with Gasteiger partial charge in [-0.3, -0.25) is 4.79 Å². The maximum Gasteiger partial charge on any atom is 0.217 e. The number of methoxy groups -OCH3 is 1. The summed E-state index contributed by atoms with van der Waals surface area (Å²) in [5, 5.41) is 2.60. The van der Waals surface area contributed by atoms with Crippen molar-refractivity contribution >= 4 is 5.91 Å². The fourth-order valence-electron chi connectivity index (χ4n) is 0.607. The van der Waals surface area contributed by atoms with Crippen LogP contribution < -0.4 is 11.1 Å². The highest BCUT2D eigenvalue weighted by Crippen LogP contribution is 1.88. The molecule has 0 rings (SSSR count). The number of carbonyl (C=O) groups excluding carboxylic acids is 1. The van der Waals surface area contributed by atoms with E-state index in [4.69, 9.17) is 10.5 Å². The van der Waals surface area contributed by atoms with E-state index in [0.29, 0.717) is 0 Å². The predicted molar refractivity (Wildman–Crippen MR) is 38.3 cm³/mol. The molecule has 60 valence electrons. The van der Waals surface area contributed by atoms with Crippen LogP contribution in [0.2, 0.25) is 0 Å². The topological polar surface area (TPSA) is 64.3 Å². The number of hydrogen-bond donors (Lipinski definition) is 2. The first-order valence-electron chi connectivity index (χ1n) is 3.13. The monoisotopic (exact) mass is 146 g/mol. The molecule has 0 saturated carbocycles. The average Bonchev–Trinajstić information content (AvgIpc) is 1.85. The SMILES string of the molecule is COC(N)C(C)NC(C)=O. The van der Waals surface area contributed by atoms with Gasteiger partial charge in [0, 0.05) is 14.0 Å². The normalized spacial score (nSPS) is 16.0. The summed E-state index contributed by atoms with van der Waals surface area (Å²) >= 11 is 0. The van der Waals surface area contributed by atoms with Crippen LogP contribution in [0.1, 0.15) is 13.8 Å². The van der Waals surface area contributed by atoms with Crippen LogP contribution in [-0.2, 0) is 9.53 Å². The summed E-state index contributed by atoms with van der Waals surface area (Å²) < 4.78 is 4.78. The quantitative estimate of drug-likeness (QED) is 0.525. The lowest BCUT2D eigenvalue weighted by Gasteiger charge is -2.18. The molecule has 0 aliphatic rings. The van der Waals surface area contributed by atoms with E-state index in [1.807, 2.05) is 0 Å². The highest BCUT2D eigenvalue weighted by molar-refractivity contribution is 5.73. The second kappa shape index (κ2) is 4.24. The van der Waals surface area contributed by atoms with E-state index >= 15 is 0 Å². The number of amides is 1. The second-order valence-electron chi connectivity index (χ2n) is 2.19. The lowest BCUT2D eigenvalue weighted by Crippen LogP contribution is -2.45. The molecule has 4 nitrogen and oxygen atoms in total. The predicted octanol–water partition coefficient (Wildman–Crippen LogP) is -0.558. The van der Waals surface area contributed by atoms with Crippen molar-refractivity contribution in [3.05, 3.63) is 0 Å². The van der Waals surface area contributed by atoms with Gasteiger partial charge in [0.1, 0.15) is 6.23 Å². The Hall–Kier alpha value is -0.610. The van der Waals surface area contributed by atoms with Gasteiger partial charge < -0.3 is 15.8 Å². The van der Waals surface area contributed by atoms with E-state index in [-0.39, 0.29) is 11.9 Å². The lowest BCUT2D eigenvalue weighted by atomic mass is 10.3. The van der Waals surface area contributed by atoms with E-state index in [1.165, 1.54) is 14.0 Å².